The molecule has 7 heteroatoms. The molecule has 1 aromatic carbocycles. The van der Waals surface area contributed by atoms with E-state index in [0.717, 1.165) is 23.8 Å². The number of ether oxygens (including phenoxy) is 1. The third kappa shape index (κ3) is 3.16. The van der Waals surface area contributed by atoms with Gasteiger partial charge >= 0.3 is 0 Å². The van der Waals surface area contributed by atoms with Gasteiger partial charge in [-0.2, -0.15) is 0 Å². The molecule has 1 aliphatic rings. The molecule has 1 aromatic heterocycles. The minimum Gasteiger partial charge on any atom is -0.367 e. The van der Waals surface area contributed by atoms with E-state index in [-0.39, 0.29) is 11.9 Å². The van der Waals surface area contributed by atoms with Crippen LogP contribution in [0.1, 0.15) is 18.0 Å². The summed E-state index contributed by atoms with van der Waals surface area (Å²) in [6, 6.07) is 7.10. The summed E-state index contributed by atoms with van der Waals surface area (Å²) in [5.41, 5.74) is 1.01. The third-order valence-electron chi connectivity index (χ3n) is 3.73. The number of nitrogens with zero attached hydrogens (tertiary/aromatic N) is 2. The second kappa shape index (κ2) is 6.36. The lowest BCUT2D eigenvalue weighted by molar-refractivity contribution is 0.0396. The zero-order chi connectivity index (χ0) is 15.6. The van der Waals surface area contributed by atoms with Crippen LogP contribution < -0.4 is 4.90 Å². The number of benzene rings is 1. The van der Waals surface area contributed by atoms with Gasteiger partial charge in [-0.25, -0.2) is 13.4 Å². The molecule has 0 unspecified atom stereocenters. The van der Waals surface area contributed by atoms with Crippen LogP contribution >= 0.6 is 11.3 Å². The molecule has 0 bridgehead atoms. The molecule has 5 nitrogen and oxygen atoms in total. The van der Waals surface area contributed by atoms with Crippen LogP contribution in [0.4, 0.5) is 5.69 Å². The van der Waals surface area contributed by atoms with Crippen LogP contribution in [0.3, 0.4) is 0 Å². The molecule has 2 aromatic rings. The van der Waals surface area contributed by atoms with Crippen molar-refractivity contribution in [2.24, 2.45) is 0 Å². The van der Waals surface area contributed by atoms with E-state index < -0.39 is 9.84 Å². The molecule has 118 valence electrons. The Morgan fingerprint density at radius 2 is 2.14 bits per heavy atom. The van der Waals surface area contributed by atoms with E-state index in [4.69, 9.17) is 4.74 Å². The highest BCUT2D eigenvalue weighted by atomic mass is 32.2. The van der Waals surface area contributed by atoms with Crippen molar-refractivity contribution in [2.75, 3.05) is 30.3 Å². The molecule has 0 saturated carbocycles. The predicted molar refractivity (Wildman–Crippen MR) is 87.2 cm³/mol. The topological polar surface area (TPSA) is 59.5 Å². The summed E-state index contributed by atoms with van der Waals surface area (Å²) in [6.07, 6.45) is 1.76. The molecule has 0 amide bonds. The minimum absolute atomic E-state index is 0.0206. The first-order valence-corrected chi connectivity index (χ1v) is 9.72. The fourth-order valence-electron chi connectivity index (χ4n) is 2.46. The van der Waals surface area contributed by atoms with Crippen molar-refractivity contribution >= 4 is 26.9 Å². The Labute approximate surface area is 134 Å². The molecule has 1 atom stereocenters. The smallest absolute Gasteiger partial charge is 0.178 e. The highest BCUT2D eigenvalue weighted by Crippen LogP contribution is 2.27. The molecule has 2 heterocycles. The van der Waals surface area contributed by atoms with E-state index >= 15 is 0 Å². The molecule has 0 radical (unpaired) electrons. The number of sulfone groups is 1. The van der Waals surface area contributed by atoms with E-state index in [1.165, 1.54) is 0 Å². The Kier molecular flexibility index (Phi) is 4.46. The second-order valence-electron chi connectivity index (χ2n) is 5.07. The maximum atomic E-state index is 11.9. The Balaban J connectivity index is 1.76. The normalized spacial score (nSPS) is 19.3. The van der Waals surface area contributed by atoms with Gasteiger partial charge in [-0.05, 0) is 24.3 Å². The number of aromatic nitrogens is 1. The van der Waals surface area contributed by atoms with Crippen LogP contribution in [0.2, 0.25) is 0 Å². The lowest BCUT2D eigenvalue weighted by Crippen LogP contribution is -2.38. The number of thiazole rings is 1. The summed E-state index contributed by atoms with van der Waals surface area (Å²) in [5, 5.41) is 2.93. The fraction of sp³-hybridized carbons (Fsp3) is 0.400. The van der Waals surface area contributed by atoms with Gasteiger partial charge in [0.1, 0.15) is 11.1 Å². The Bertz CT molecular complexity index is 712. The first kappa shape index (κ1) is 15.5. The average Bonchev–Trinajstić information content (AvgIpc) is 3.10. The minimum atomic E-state index is -3.14. The molecule has 22 heavy (non-hydrogen) atoms. The van der Waals surface area contributed by atoms with Gasteiger partial charge in [0, 0.05) is 23.8 Å². The molecular weight excluding hydrogens is 320 g/mol. The molecule has 3 rings (SSSR count). The monoisotopic (exact) mass is 338 g/mol. The lowest BCUT2D eigenvalue weighted by Gasteiger charge is -2.33. The summed E-state index contributed by atoms with van der Waals surface area (Å²) in [7, 11) is -3.14. The molecular formula is C15H18N2O3S2. The van der Waals surface area contributed by atoms with Gasteiger partial charge in [-0.3, -0.25) is 0 Å². The first-order chi connectivity index (χ1) is 10.6. The average molecular weight is 338 g/mol. The van der Waals surface area contributed by atoms with E-state index in [1.54, 1.807) is 36.6 Å². The van der Waals surface area contributed by atoms with Gasteiger partial charge in [-0.1, -0.05) is 6.92 Å². The van der Waals surface area contributed by atoms with E-state index in [0.29, 0.717) is 11.5 Å². The van der Waals surface area contributed by atoms with Crippen LogP contribution in [-0.4, -0.2) is 38.9 Å². The number of anilines is 1. The SMILES string of the molecule is CCS(=O)(=O)c1ccc(N2CCO[C@@H](c3nccs3)C2)cc1. The van der Waals surface area contributed by atoms with E-state index in [1.807, 2.05) is 17.5 Å². The van der Waals surface area contributed by atoms with Gasteiger partial charge in [0.2, 0.25) is 0 Å². The zero-order valence-corrected chi connectivity index (χ0v) is 13.9. The van der Waals surface area contributed by atoms with Crippen LogP contribution in [0.15, 0.2) is 40.7 Å². The fourth-order valence-corrected chi connectivity index (χ4v) is 4.02. The molecule has 0 aliphatic carbocycles. The summed E-state index contributed by atoms with van der Waals surface area (Å²) in [4.78, 5) is 6.90. The van der Waals surface area contributed by atoms with Gasteiger partial charge < -0.3 is 9.64 Å². The van der Waals surface area contributed by atoms with Crippen molar-refractivity contribution in [3.63, 3.8) is 0 Å². The zero-order valence-electron chi connectivity index (χ0n) is 12.3. The number of hydrogen-bond acceptors (Lipinski definition) is 6. The first-order valence-electron chi connectivity index (χ1n) is 7.19. The highest BCUT2D eigenvalue weighted by Gasteiger charge is 2.24. The highest BCUT2D eigenvalue weighted by molar-refractivity contribution is 7.91. The summed E-state index contributed by atoms with van der Waals surface area (Å²) < 4.78 is 29.5. The van der Waals surface area contributed by atoms with E-state index in [9.17, 15) is 8.42 Å². The van der Waals surface area contributed by atoms with Gasteiger partial charge in [0.05, 0.1) is 23.8 Å². The standard InChI is InChI=1S/C15H18N2O3S2/c1-2-22(18,19)13-5-3-12(4-6-13)17-8-9-20-14(11-17)15-16-7-10-21-15/h3-7,10,14H,2,8-9,11H2,1H3/t14-/m1/s1. The van der Waals surface area contributed by atoms with Crippen molar-refractivity contribution in [3.05, 3.63) is 40.8 Å². The number of hydrogen-bond donors (Lipinski definition) is 0. The van der Waals surface area contributed by atoms with Crippen molar-refractivity contribution in [2.45, 2.75) is 17.9 Å². The van der Waals surface area contributed by atoms with Crippen molar-refractivity contribution in [3.8, 4) is 0 Å². The van der Waals surface area contributed by atoms with Crippen LogP contribution in [0.5, 0.6) is 0 Å². The van der Waals surface area contributed by atoms with Crippen molar-refractivity contribution in [1.29, 1.82) is 0 Å². The third-order valence-corrected chi connectivity index (χ3v) is 6.35. The van der Waals surface area contributed by atoms with Crippen molar-refractivity contribution < 1.29 is 13.2 Å². The summed E-state index contributed by atoms with van der Waals surface area (Å²) >= 11 is 1.59. The number of morpholine rings is 1. The van der Waals surface area contributed by atoms with Gasteiger partial charge in [0.25, 0.3) is 0 Å². The van der Waals surface area contributed by atoms with Crippen LogP contribution in [0, 0.1) is 0 Å². The maximum absolute atomic E-state index is 11.9. The van der Waals surface area contributed by atoms with Gasteiger partial charge in [0.15, 0.2) is 9.84 Å². The molecule has 1 saturated heterocycles. The van der Waals surface area contributed by atoms with Gasteiger partial charge in [-0.15, -0.1) is 11.3 Å². The Morgan fingerprint density at radius 1 is 1.36 bits per heavy atom. The largest absolute Gasteiger partial charge is 0.367 e. The Hall–Kier alpha value is -1.44. The Morgan fingerprint density at radius 3 is 2.77 bits per heavy atom. The molecule has 1 fully saturated rings. The molecule has 0 spiro atoms. The predicted octanol–water partition coefficient (Wildman–Crippen LogP) is 2.51. The molecule has 0 N–H and O–H groups in total. The number of rotatable bonds is 4. The molecule has 1 aliphatic heterocycles. The second-order valence-corrected chi connectivity index (χ2v) is 8.28. The van der Waals surface area contributed by atoms with Crippen LogP contribution in [-0.2, 0) is 14.6 Å². The summed E-state index contributed by atoms with van der Waals surface area (Å²) in [5.74, 6) is 0.121. The van der Waals surface area contributed by atoms with E-state index in [2.05, 4.69) is 9.88 Å². The maximum Gasteiger partial charge on any atom is 0.178 e. The van der Waals surface area contributed by atoms with Crippen LogP contribution in [0.25, 0.3) is 0 Å². The summed E-state index contributed by atoms with van der Waals surface area (Å²) in [6.45, 7) is 3.82. The van der Waals surface area contributed by atoms with Crippen molar-refractivity contribution in [1.82, 2.24) is 4.98 Å². The quantitative estimate of drug-likeness (QED) is 0.857. The lowest BCUT2D eigenvalue weighted by atomic mass is 10.2.